The number of anilines is 1. The van der Waals surface area contributed by atoms with Gasteiger partial charge in [-0.15, -0.1) is 0 Å². The van der Waals surface area contributed by atoms with Crippen molar-refractivity contribution in [2.24, 2.45) is 0 Å². The number of fused-ring (bicyclic) bond motifs is 1. The van der Waals surface area contributed by atoms with Crippen LogP contribution < -0.4 is 15.4 Å². The average molecular weight is 486 g/mol. The largest absolute Gasteiger partial charge is 0.497 e. The summed E-state index contributed by atoms with van der Waals surface area (Å²) in [6.45, 7) is 1.74. The molecule has 1 fully saturated rings. The molecule has 0 amide bonds. The summed E-state index contributed by atoms with van der Waals surface area (Å²) in [6, 6.07) is 9.79. The molecule has 5 rings (SSSR count). The van der Waals surface area contributed by atoms with Crippen LogP contribution in [0.25, 0.3) is 28.2 Å². The number of ether oxygens (including phenoxy) is 1. The minimum Gasteiger partial charge on any atom is -0.497 e. The number of hydrogen-bond acceptors (Lipinski definition) is 6. The molecule has 1 saturated heterocycles. The summed E-state index contributed by atoms with van der Waals surface area (Å²) in [5, 5.41) is 6.63. The minimum atomic E-state index is -4.85. The summed E-state index contributed by atoms with van der Waals surface area (Å²) in [5.41, 5.74) is -0.177. The number of nitrogens with zero attached hydrogens (tertiary/aromatic N) is 4. The summed E-state index contributed by atoms with van der Waals surface area (Å²) in [5.74, 6) is 0.181. The molecular weight excluding hydrogens is 464 g/mol. The lowest BCUT2D eigenvalue weighted by molar-refractivity contribution is -0.139. The van der Waals surface area contributed by atoms with Crippen molar-refractivity contribution in [1.29, 1.82) is 0 Å². The zero-order chi connectivity index (χ0) is 24.6. The highest BCUT2D eigenvalue weighted by Gasteiger charge is 2.34. The lowest BCUT2D eigenvalue weighted by Crippen LogP contribution is -2.38. The third-order valence-corrected chi connectivity index (χ3v) is 5.89. The molecule has 0 aliphatic carbocycles. The van der Waals surface area contributed by atoms with E-state index in [4.69, 9.17) is 4.74 Å². The Kier molecular flexibility index (Phi) is 6.01. The summed E-state index contributed by atoms with van der Waals surface area (Å²) < 4.78 is 61.2. The number of aromatic nitrogens is 4. The monoisotopic (exact) mass is 486 g/mol. The number of alkyl halides is 3. The summed E-state index contributed by atoms with van der Waals surface area (Å²) in [7, 11) is 1.51. The molecular formula is C24H22F4N6O. The summed E-state index contributed by atoms with van der Waals surface area (Å²) >= 11 is 0. The first-order valence-corrected chi connectivity index (χ1v) is 11.1. The Hall–Kier alpha value is -3.73. The summed E-state index contributed by atoms with van der Waals surface area (Å²) in [6.07, 6.45) is -1.27. The number of imidazole rings is 1. The quantitative estimate of drug-likeness (QED) is 0.394. The molecule has 1 atom stereocenters. The highest BCUT2D eigenvalue weighted by molar-refractivity contribution is 5.84. The van der Waals surface area contributed by atoms with E-state index in [2.05, 4.69) is 25.6 Å². The van der Waals surface area contributed by atoms with Crippen LogP contribution in [0.1, 0.15) is 18.4 Å². The van der Waals surface area contributed by atoms with Crippen LogP contribution in [0.3, 0.4) is 0 Å². The fraction of sp³-hybridized carbons (Fsp3) is 0.292. The van der Waals surface area contributed by atoms with E-state index in [0.29, 0.717) is 28.5 Å². The van der Waals surface area contributed by atoms with Crippen molar-refractivity contribution in [3.05, 3.63) is 60.0 Å². The van der Waals surface area contributed by atoms with Crippen LogP contribution in [0, 0.1) is 5.82 Å². The molecule has 0 unspecified atom stereocenters. The molecule has 0 bridgehead atoms. The first-order chi connectivity index (χ1) is 16.8. The standard InChI is InChI=1S/C24H22F4N6O/c1-35-16-5-7-20-19(12-16)32-22(14-4-6-18(25)17(11-14)24(26,27)28)34(20)21-8-10-30-23(33-21)31-15-3-2-9-29-13-15/h4-8,10-12,15,29H,2-3,9,13H2,1H3,(H,30,31,33)/t15-/m0/s1. The van der Waals surface area contributed by atoms with Gasteiger partial charge in [0.15, 0.2) is 0 Å². The van der Waals surface area contributed by atoms with Gasteiger partial charge in [-0.1, -0.05) is 0 Å². The van der Waals surface area contributed by atoms with Gasteiger partial charge >= 0.3 is 6.18 Å². The number of rotatable bonds is 5. The molecule has 35 heavy (non-hydrogen) atoms. The average Bonchev–Trinajstić information content (AvgIpc) is 3.23. The molecule has 0 radical (unpaired) electrons. The molecule has 2 aromatic carbocycles. The van der Waals surface area contributed by atoms with E-state index in [9.17, 15) is 17.6 Å². The molecule has 1 aliphatic rings. The number of halogens is 4. The van der Waals surface area contributed by atoms with Gasteiger partial charge in [0, 0.05) is 30.4 Å². The zero-order valence-electron chi connectivity index (χ0n) is 18.7. The SMILES string of the molecule is COc1ccc2c(c1)nc(-c1ccc(F)c(C(F)(F)F)c1)n2-c1ccnc(N[C@H]2CCCNC2)n1. The van der Waals surface area contributed by atoms with Gasteiger partial charge in [0.2, 0.25) is 5.95 Å². The van der Waals surface area contributed by atoms with Crippen LogP contribution in [0.2, 0.25) is 0 Å². The first kappa shape index (κ1) is 23.0. The second-order valence-corrected chi connectivity index (χ2v) is 8.24. The smallest absolute Gasteiger partial charge is 0.419 e. The predicted molar refractivity (Wildman–Crippen MR) is 123 cm³/mol. The maximum atomic E-state index is 14.0. The molecule has 1 aliphatic heterocycles. The van der Waals surface area contributed by atoms with Gasteiger partial charge in [0.1, 0.15) is 23.2 Å². The maximum Gasteiger partial charge on any atom is 0.419 e. The molecule has 0 saturated carbocycles. The van der Waals surface area contributed by atoms with Crippen LogP contribution in [-0.4, -0.2) is 45.8 Å². The van der Waals surface area contributed by atoms with Gasteiger partial charge in [-0.2, -0.15) is 18.2 Å². The lowest BCUT2D eigenvalue weighted by Gasteiger charge is -2.23. The highest BCUT2D eigenvalue weighted by atomic mass is 19.4. The van der Waals surface area contributed by atoms with Crippen LogP contribution in [0.5, 0.6) is 5.75 Å². The summed E-state index contributed by atoms with van der Waals surface area (Å²) in [4.78, 5) is 13.5. The van der Waals surface area contributed by atoms with E-state index >= 15 is 0 Å². The van der Waals surface area contributed by atoms with Crippen molar-refractivity contribution < 1.29 is 22.3 Å². The molecule has 7 nitrogen and oxygen atoms in total. The molecule has 3 heterocycles. The van der Waals surface area contributed by atoms with Gasteiger partial charge in [-0.25, -0.2) is 14.4 Å². The molecule has 0 spiro atoms. The van der Waals surface area contributed by atoms with Crippen molar-refractivity contribution >= 4 is 17.0 Å². The number of nitrogens with one attached hydrogen (secondary N) is 2. The van der Waals surface area contributed by atoms with Gasteiger partial charge in [-0.3, -0.25) is 4.57 Å². The Morgan fingerprint density at radius 2 is 1.97 bits per heavy atom. The van der Waals surface area contributed by atoms with E-state index in [1.807, 2.05) is 0 Å². The fourth-order valence-electron chi connectivity index (χ4n) is 4.20. The van der Waals surface area contributed by atoms with Gasteiger partial charge in [0.25, 0.3) is 0 Å². The topological polar surface area (TPSA) is 76.9 Å². The number of hydrogen-bond donors (Lipinski definition) is 2. The van der Waals surface area contributed by atoms with E-state index in [0.717, 1.165) is 38.1 Å². The predicted octanol–water partition coefficient (Wildman–Crippen LogP) is 4.81. The molecule has 11 heteroatoms. The van der Waals surface area contributed by atoms with Gasteiger partial charge < -0.3 is 15.4 Å². The van der Waals surface area contributed by atoms with Crippen molar-refractivity contribution in [2.45, 2.75) is 25.1 Å². The van der Waals surface area contributed by atoms with Crippen LogP contribution in [-0.2, 0) is 6.18 Å². The second kappa shape index (κ2) is 9.14. The fourth-order valence-corrected chi connectivity index (χ4v) is 4.20. The zero-order valence-corrected chi connectivity index (χ0v) is 18.7. The Morgan fingerprint density at radius 1 is 1.11 bits per heavy atom. The van der Waals surface area contributed by atoms with E-state index in [-0.39, 0.29) is 17.4 Å². The van der Waals surface area contributed by atoms with Crippen molar-refractivity contribution in [3.8, 4) is 23.0 Å². The lowest BCUT2D eigenvalue weighted by atomic mass is 10.1. The number of benzene rings is 2. The second-order valence-electron chi connectivity index (χ2n) is 8.24. The third-order valence-electron chi connectivity index (χ3n) is 5.89. The van der Waals surface area contributed by atoms with Crippen LogP contribution >= 0.6 is 0 Å². The first-order valence-electron chi connectivity index (χ1n) is 11.1. The Bertz CT molecular complexity index is 1360. The van der Waals surface area contributed by atoms with Crippen molar-refractivity contribution in [1.82, 2.24) is 24.8 Å². The van der Waals surface area contributed by atoms with E-state index < -0.39 is 17.6 Å². The third kappa shape index (κ3) is 4.63. The van der Waals surface area contributed by atoms with Crippen LogP contribution in [0.4, 0.5) is 23.5 Å². The Labute approximate surface area is 198 Å². The Balaban J connectivity index is 1.65. The van der Waals surface area contributed by atoms with Crippen LogP contribution in [0.15, 0.2) is 48.7 Å². The molecule has 2 N–H and O–H groups in total. The maximum absolute atomic E-state index is 14.0. The number of piperidine rings is 1. The van der Waals surface area contributed by atoms with Crippen molar-refractivity contribution in [3.63, 3.8) is 0 Å². The highest BCUT2D eigenvalue weighted by Crippen LogP contribution is 2.36. The minimum absolute atomic E-state index is 0.0958. The molecule has 4 aromatic rings. The van der Waals surface area contributed by atoms with Gasteiger partial charge in [0.05, 0.1) is 23.7 Å². The molecule has 182 valence electrons. The van der Waals surface area contributed by atoms with Crippen molar-refractivity contribution in [2.75, 3.05) is 25.5 Å². The molecule has 2 aromatic heterocycles. The van der Waals surface area contributed by atoms with E-state index in [1.54, 1.807) is 35.0 Å². The van der Waals surface area contributed by atoms with Gasteiger partial charge in [-0.05, 0) is 55.8 Å². The Morgan fingerprint density at radius 3 is 2.71 bits per heavy atom. The van der Waals surface area contributed by atoms with E-state index in [1.165, 1.54) is 13.2 Å². The normalized spacial score (nSPS) is 16.4. The number of methoxy groups -OCH3 is 1.